The summed E-state index contributed by atoms with van der Waals surface area (Å²) in [5.74, 6) is 0.0849. The predicted molar refractivity (Wildman–Crippen MR) is 101 cm³/mol. The fourth-order valence-corrected chi connectivity index (χ4v) is 4.51. The molecule has 24 heavy (non-hydrogen) atoms. The van der Waals surface area contributed by atoms with E-state index in [0.29, 0.717) is 0 Å². The fourth-order valence-electron chi connectivity index (χ4n) is 4.51. The molecule has 2 aromatic rings. The van der Waals surface area contributed by atoms with Crippen LogP contribution in [0.4, 0.5) is 0 Å². The van der Waals surface area contributed by atoms with Crippen molar-refractivity contribution < 1.29 is 5.11 Å². The number of fused-ring (bicyclic) bond motifs is 1. The number of aliphatic hydroxyl groups excluding tert-OH is 1. The number of unbranched alkanes of at least 4 members (excludes halogenated alkanes) is 1. The van der Waals surface area contributed by atoms with Crippen LogP contribution in [0.15, 0.2) is 54.6 Å². The van der Waals surface area contributed by atoms with E-state index in [4.69, 9.17) is 0 Å². The van der Waals surface area contributed by atoms with Gasteiger partial charge >= 0.3 is 0 Å². The van der Waals surface area contributed by atoms with E-state index >= 15 is 0 Å². The third-order valence-electron chi connectivity index (χ3n) is 6.12. The molecule has 1 heteroatoms. The first-order chi connectivity index (χ1) is 11.7. The van der Waals surface area contributed by atoms with E-state index in [9.17, 15) is 5.11 Å². The Morgan fingerprint density at radius 1 is 1.00 bits per heavy atom. The summed E-state index contributed by atoms with van der Waals surface area (Å²) in [6, 6.07) is 19.3. The molecule has 1 aliphatic rings. The Labute approximate surface area is 146 Å². The standard InChI is InChI=1S/C23H30O/c1-3-5-16-23(4-2)17-15-18-11-9-10-14-20(18)21(22(23)24)19-12-7-6-8-13-19/h6-14,21-22,24H,3-5,15-17H2,1-2H3/t21-,22+,23+/m0/s1. The quantitative estimate of drug-likeness (QED) is 0.699. The molecule has 0 radical (unpaired) electrons. The molecular weight excluding hydrogens is 292 g/mol. The molecular formula is C23H30O. The number of aryl methyl sites for hydroxylation is 1. The summed E-state index contributed by atoms with van der Waals surface area (Å²) in [5, 5.41) is 11.6. The van der Waals surface area contributed by atoms with Gasteiger partial charge in [0.15, 0.2) is 0 Å². The minimum atomic E-state index is -0.319. The number of hydrogen-bond donors (Lipinski definition) is 1. The Hall–Kier alpha value is -1.60. The van der Waals surface area contributed by atoms with E-state index in [0.717, 1.165) is 25.7 Å². The van der Waals surface area contributed by atoms with Crippen LogP contribution in [0.25, 0.3) is 0 Å². The van der Waals surface area contributed by atoms with Crippen molar-refractivity contribution >= 4 is 0 Å². The van der Waals surface area contributed by atoms with E-state index in [1.165, 1.54) is 29.5 Å². The van der Waals surface area contributed by atoms with Crippen LogP contribution in [-0.2, 0) is 6.42 Å². The summed E-state index contributed by atoms with van der Waals surface area (Å²) in [7, 11) is 0. The normalized spacial score (nSPS) is 26.6. The van der Waals surface area contributed by atoms with Gasteiger partial charge in [0.1, 0.15) is 0 Å². The maximum Gasteiger partial charge on any atom is 0.0705 e. The monoisotopic (exact) mass is 322 g/mol. The van der Waals surface area contributed by atoms with Gasteiger partial charge in [-0.05, 0) is 47.8 Å². The van der Waals surface area contributed by atoms with Crippen molar-refractivity contribution in [1.29, 1.82) is 0 Å². The minimum absolute atomic E-state index is 0.0234. The molecule has 0 aromatic heterocycles. The molecule has 0 saturated carbocycles. The van der Waals surface area contributed by atoms with E-state index in [-0.39, 0.29) is 17.4 Å². The summed E-state index contributed by atoms with van der Waals surface area (Å²) >= 11 is 0. The van der Waals surface area contributed by atoms with Crippen LogP contribution in [-0.4, -0.2) is 11.2 Å². The predicted octanol–water partition coefficient (Wildman–Crippen LogP) is 5.71. The van der Waals surface area contributed by atoms with Gasteiger partial charge in [0.25, 0.3) is 0 Å². The van der Waals surface area contributed by atoms with Gasteiger partial charge < -0.3 is 5.11 Å². The maximum absolute atomic E-state index is 11.6. The molecule has 0 bridgehead atoms. The average Bonchev–Trinajstić information content (AvgIpc) is 2.76. The van der Waals surface area contributed by atoms with Crippen LogP contribution in [0.5, 0.6) is 0 Å². The van der Waals surface area contributed by atoms with Crippen molar-refractivity contribution in [3.8, 4) is 0 Å². The highest BCUT2D eigenvalue weighted by Gasteiger charge is 2.43. The molecule has 0 fully saturated rings. The van der Waals surface area contributed by atoms with Crippen molar-refractivity contribution in [3.63, 3.8) is 0 Å². The first-order valence-electron chi connectivity index (χ1n) is 9.52. The van der Waals surface area contributed by atoms with Crippen LogP contribution in [0.1, 0.15) is 68.6 Å². The van der Waals surface area contributed by atoms with Gasteiger partial charge in [-0.1, -0.05) is 81.3 Å². The molecule has 3 rings (SSSR count). The maximum atomic E-state index is 11.6. The largest absolute Gasteiger partial charge is 0.392 e. The summed E-state index contributed by atoms with van der Waals surface area (Å²) in [6.45, 7) is 4.51. The summed E-state index contributed by atoms with van der Waals surface area (Å²) in [6.07, 6.45) is 6.41. The number of hydrogen-bond acceptors (Lipinski definition) is 1. The minimum Gasteiger partial charge on any atom is -0.392 e. The summed E-state index contributed by atoms with van der Waals surface area (Å²) < 4.78 is 0. The molecule has 2 aromatic carbocycles. The molecule has 1 aliphatic carbocycles. The molecule has 0 amide bonds. The smallest absolute Gasteiger partial charge is 0.0705 e. The van der Waals surface area contributed by atoms with Crippen molar-refractivity contribution in [2.24, 2.45) is 5.41 Å². The second-order valence-corrected chi connectivity index (χ2v) is 7.35. The van der Waals surface area contributed by atoms with Crippen molar-refractivity contribution in [1.82, 2.24) is 0 Å². The molecule has 0 heterocycles. The van der Waals surface area contributed by atoms with Gasteiger partial charge in [0.05, 0.1) is 6.10 Å². The van der Waals surface area contributed by atoms with E-state index in [1.807, 2.05) is 0 Å². The molecule has 3 atom stereocenters. The lowest BCUT2D eigenvalue weighted by molar-refractivity contribution is -0.00155. The molecule has 1 nitrogen and oxygen atoms in total. The molecule has 0 unspecified atom stereocenters. The Bertz CT molecular complexity index is 648. The highest BCUT2D eigenvalue weighted by Crippen LogP contribution is 2.48. The second kappa shape index (κ2) is 7.53. The zero-order valence-corrected chi connectivity index (χ0v) is 15.0. The highest BCUT2D eigenvalue weighted by atomic mass is 16.3. The van der Waals surface area contributed by atoms with E-state index < -0.39 is 0 Å². The third-order valence-corrected chi connectivity index (χ3v) is 6.12. The van der Waals surface area contributed by atoms with Crippen molar-refractivity contribution in [2.75, 3.05) is 0 Å². The average molecular weight is 322 g/mol. The lowest BCUT2D eigenvalue weighted by Crippen LogP contribution is -2.38. The first kappa shape index (κ1) is 17.2. The number of benzene rings is 2. The Balaban J connectivity index is 2.09. The van der Waals surface area contributed by atoms with Gasteiger partial charge in [0, 0.05) is 5.92 Å². The molecule has 0 saturated heterocycles. The molecule has 1 N–H and O–H groups in total. The van der Waals surface area contributed by atoms with E-state index in [1.54, 1.807) is 0 Å². The molecule has 0 aliphatic heterocycles. The lowest BCUT2D eigenvalue weighted by atomic mass is 9.67. The number of aliphatic hydroxyl groups is 1. The van der Waals surface area contributed by atoms with Crippen LogP contribution in [0, 0.1) is 5.41 Å². The Morgan fingerprint density at radius 2 is 1.71 bits per heavy atom. The topological polar surface area (TPSA) is 20.2 Å². The van der Waals surface area contributed by atoms with Gasteiger partial charge in [-0.25, -0.2) is 0 Å². The van der Waals surface area contributed by atoms with Crippen LogP contribution >= 0.6 is 0 Å². The zero-order valence-electron chi connectivity index (χ0n) is 15.0. The van der Waals surface area contributed by atoms with Gasteiger partial charge in [-0.2, -0.15) is 0 Å². The molecule has 0 spiro atoms. The van der Waals surface area contributed by atoms with Crippen LogP contribution in [0.2, 0.25) is 0 Å². The van der Waals surface area contributed by atoms with E-state index in [2.05, 4.69) is 68.4 Å². The first-order valence-corrected chi connectivity index (χ1v) is 9.52. The highest BCUT2D eigenvalue weighted by molar-refractivity contribution is 5.41. The Morgan fingerprint density at radius 3 is 2.42 bits per heavy atom. The van der Waals surface area contributed by atoms with Crippen molar-refractivity contribution in [2.45, 2.75) is 64.4 Å². The van der Waals surface area contributed by atoms with Gasteiger partial charge in [-0.15, -0.1) is 0 Å². The SMILES string of the molecule is CCCC[C@]1(CC)CCc2ccccc2[C@H](c2ccccc2)[C@H]1O. The van der Waals surface area contributed by atoms with Crippen molar-refractivity contribution in [3.05, 3.63) is 71.3 Å². The van der Waals surface area contributed by atoms with Gasteiger partial charge in [0.2, 0.25) is 0 Å². The molecule has 128 valence electrons. The third kappa shape index (κ3) is 3.15. The van der Waals surface area contributed by atoms with Crippen LogP contribution < -0.4 is 0 Å². The lowest BCUT2D eigenvalue weighted by Gasteiger charge is -2.40. The van der Waals surface area contributed by atoms with Gasteiger partial charge in [-0.3, -0.25) is 0 Å². The zero-order chi connectivity index (χ0) is 17.0. The van der Waals surface area contributed by atoms with Crippen LogP contribution in [0.3, 0.4) is 0 Å². The second-order valence-electron chi connectivity index (χ2n) is 7.35. The fraction of sp³-hybridized carbons (Fsp3) is 0.478. The summed E-state index contributed by atoms with van der Waals surface area (Å²) in [5.41, 5.74) is 4.00. The summed E-state index contributed by atoms with van der Waals surface area (Å²) in [4.78, 5) is 0. The number of rotatable bonds is 5. The Kier molecular flexibility index (Phi) is 5.40.